The van der Waals surface area contributed by atoms with Crippen LogP contribution >= 0.6 is 11.8 Å². The molecule has 0 aliphatic carbocycles. The third kappa shape index (κ3) is 4.18. The van der Waals surface area contributed by atoms with Crippen LogP contribution in [-0.2, 0) is 16.0 Å². The predicted molar refractivity (Wildman–Crippen MR) is 78.4 cm³/mol. The first-order chi connectivity index (χ1) is 10.1. The van der Waals surface area contributed by atoms with Crippen LogP contribution in [0.15, 0.2) is 24.3 Å². The van der Waals surface area contributed by atoms with Crippen LogP contribution in [0.2, 0.25) is 0 Å². The summed E-state index contributed by atoms with van der Waals surface area (Å²) in [5.74, 6) is -0.469. The summed E-state index contributed by atoms with van der Waals surface area (Å²) in [6, 6.07) is 5.75. The second-order valence-electron chi connectivity index (χ2n) is 4.69. The molecule has 1 aliphatic heterocycles. The molecule has 5 nitrogen and oxygen atoms in total. The van der Waals surface area contributed by atoms with Gasteiger partial charge >= 0.3 is 0 Å². The van der Waals surface area contributed by atoms with Crippen molar-refractivity contribution < 1.29 is 19.1 Å². The number of carbonyl (C=O) groups excluding carboxylic acids is 2. The number of rotatable bonds is 5. The van der Waals surface area contributed by atoms with Gasteiger partial charge in [-0.3, -0.25) is 9.59 Å². The molecule has 7 heteroatoms. The highest BCUT2D eigenvalue weighted by Crippen LogP contribution is 2.23. The number of thioether (sulfide) groups is 1. The second-order valence-corrected chi connectivity index (χ2v) is 5.93. The zero-order valence-electron chi connectivity index (χ0n) is 11.3. The maximum Gasteiger partial charge on any atom is 0.243 e. The van der Waals surface area contributed by atoms with Crippen molar-refractivity contribution in [3.8, 4) is 0 Å². The maximum absolute atomic E-state index is 13.6. The Bertz CT molecular complexity index is 527. The molecular formula is C14H17FN2O3S. The summed E-state index contributed by atoms with van der Waals surface area (Å²) in [4.78, 5) is 23.7. The van der Waals surface area contributed by atoms with Gasteiger partial charge in [-0.15, -0.1) is 11.8 Å². The predicted octanol–water partition coefficient (Wildman–Crippen LogP) is 0.0769. The van der Waals surface area contributed by atoms with Crippen molar-refractivity contribution in [3.63, 3.8) is 0 Å². The highest BCUT2D eigenvalue weighted by molar-refractivity contribution is 8.00. The summed E-state index contributed by atoms with van der Waals surface area (Å²) >= 11 is 1.34. The van der Waals surface area contributed by atoms with E-state index in [2.05, 4.69) is 10.6 Å². The van der Waals surface area contributed by atoms with E-state index >= 15 is 0 Å². The standard InChI is InChI=1S/C14H17FN2O3S/c15-10-4-2-1-3-9(10)7-12-14(20)17-11(8-21-12)13(19)16-5-6-18/h1-4,11-12,18H,5-8H2,(H,16,19)(H,17,20)/t11-,12-/m0/s1. The van der Waals surface area contributed by atoms with Crippen LogP contribution in [-0.4, -0.2) is 47.1 Å². The minimum atomic E-state index is -0.606. The molecule has 0 saturated carbocycles. The highest BCUT2D eigenvalue weighted by atomic mass is 32.2. The number of benzene rings is 1. The van der Waals surface area contributed by atoms with E-state index in [-0.39, 0.29) is 30.8 Å². The lowest BCUT2D eigenvalue weighted by Crippen LogP contribution is -2.54. The Morgan fingerprint density at radius 3 is 2.90 bits per heavy atom. The van der Waals surface area contributed by atoms with E-state index < -0.39 is 11.3 Å². The van der Waals surface area contributed by atoms with Crippen LogP contribution in [0.3, 0.4) is 0 Å². The van der Waals surface area contributed by atoms with Crippen molar-refractivity contribution >= 4 is 23.6 Å². The molecule has 2 amide bonds. The van der Waals surface area contributed by atoms with Gasteiger partial charge in [-0.2, -0.15) is 0 Å². The number of carbonyl (C=O) groups is 2. The van der Waals surface area contributed by atoms with Gasteiger partial charge in [0.2, 0.25) is 11.8 Å². The quantitative estimate of drug-likeness (QED) is 0.719. The normalized spacial score (nSPS) is 21.7. The first kappa shape index (κ1) is 15.8. The number of hydrogen-bond acceptors (Lipinski definition) is 4. The molecule has 0 unspecified atom stereocenters. The molecule has 1 fully saturated rings. The molecule has 1 aliphatic rings. The Labute approximate surface area is 126 Å². The maximum atomic E-state index is 13.6. The number of amides is 2. The van der Waals surface area contributed by atoms with Gasteiger partial charge in [-0.05, 0) is 18.1 Å². The molecule has 1 aromatic carbocycles. The molecule has 2 rings (SSSR count). The lowest BCUT2D eigenvalue weighted by molar-refractivity contribution is -0.128. The van der Waals surface area contributed by atoms with Crippen molar-refractivity contribution in [2.24, 2.45) is 0 Å². The van der Waals surface area contributed by atoms with E-state index in [1.807, 2.05) is 0 Å². The van der Waals surface area contributed by atoms with Crippen LogP contribution < -0.4 is 10.6 Å². The third-order valence-corrected chi connectivity index (χ3v) is 4.47. The third-order valence-electron chi connectivity index (χ3n) is 3.16. The molecule has 0 spiro atoms. The van der Waals surface area contributed by atoms with Crippen molar-refractivity contribution in [2.75, 3.05) is 18.9 Å². The molecule has 0 bridgehead atoms. The molecule has 0 radical (unpaired) electrons. The SMILES string of the molecule is O=C(NCCO)[C@@H]1CS[C@@H](Cc2ccccc2F)C(=O)N1. The Kier molecular flexibility index (Phi) is 5.58. The Morgan fingerprint density at radius 1 is 1.48 bits per heavy atom. The highest BCUT2D eigenvalue weighted by Gasteiger charge is 2.32. The van der Waals surface area contributed by atoms with Crippen LogP contribution in [0.5, 0.6) is 0 Å². The number of nitrogens with one attached hydrogen (secondary N) is 2. The molecule has 2 atom stereocenters. The van der Waals surface area contributed by atoms with E-state index in [9.17, 15) is 14.0 Å². The molecular weight excluding hydrogens is 295 g/mol. The first-order valence-corrected chi connectivity index (χ1v) is 7.70. The van der Waals surface area contributed by atoms with Gasteiger partial charge in [0.1, 0.15) is 11.9 Å². The Balaban J connectivity index is 1.91. The molecule has 21 heavy (non-hydrogen) atoms. The summed E-state index contributed by atoms with van der Waals surface area (Å²) < 4.78 is 13.6. The lowest BCUT2D eigenvalue weighted by Gasteiger charge is -2.28. The topological polar surface area (TPSA) is 78.4 Å². The van der Waals surface area contributed by atoms with E-state index in [1.165, 1.54) is 17.8 Å². The van der Waals surface area contributed by atoms with E-state index in [1.54, 1.807) is 18.2 Å². The molecule has 1 aromatic rings. The molecule has 114 valence electrons. The molecule has 1 saturated heterocycles. The minimum Gasteiger partial charge on any atom is -0.395 e. The van der Waals surface area contributed by atoms with Gasteiger partial charge in [-0.1, -0.05) is 18.2 Å². The van der Waals surface area contributed by atoms with Crippen LogP contribution in [0.25, 0.3) is 0 Å². The van der Waals surface area contributed by atoms with Crippen LogP contribution in [0, 0.1) is 5.82 Å². The number of hydrogen-bond donors (Lipinski definition) is 3. The minimum absolute atomic E-state index is 0.143. The van der Waals surface area contributed by atoms with Gasteiger partial charge in [0.15, 0.2) is 0 Å². The van der Waals surface area contributed by atoms with E-state index in [0.717, 1.165) is 0 Å². The van der Waals surface area contributed by atoms with Gasteiger partial charge in [0.05, 0.1) is 11.9 Å². The summed E-state index contributed by atoms with van der Waals surface area (Å²) in [5, 5.41) is 13.4. The van der Waals surface area contributed by atoms with Crippen LogP contribution in [0.4, 0.5) is 4.39 Å². The summed E-state index contributed by atoms with van der Waals surface area (Å²) in [5.41, 5.74) is 0.494. The molecule has 1 heterocycles. The fourth-order valence-corrected chi connectivity index (χ4v) is 3.23. The molecule has 3 N–H and O–H groups in total. The summed E-state index contributed by atoms with van der Waals surface area (Å²) in [6.07, 6.45) is 0.300. The molecule has 0 aromatic heterocycles. The Morgan fingerprint density at radius 2 is 2.24 bits per heavy atom. The fourth-order valence-electron chi connectivity index (χ4n) is 2.05. The first-order valence-electron chi connectivity index (χ1n) is 6.65. The number of aliphatic hydroxyl groups excluding tert-OH is 1. The Hall–Kier alpha value is -1.60. The number of aliphatic hydroxyl groups is 1. The lowest BCUT2D eigenvalue weighted by atomic mass is 10.1. The van der Waals surface area contributed by atoms with E-state index in [4.69, 9.17) is 5.11 Å². The zero-order valence-corrected chi connectivity index (χ0v) is 12.2. The monoisotopic (exact) mass is 312 g/mol. The fraction of sp³-hybridized carbons (Fsp3) is 0.429. The van der Waals surface area contributed by atoms with Crippen molar-refractivity contribution in [1.82, 2.24) is 10.6 Å². The van der Waals surface area contributed by atoms with Gasteiger partial charge < -0.3 is 15.7 Å². The largest absolute Gasteiger partial charge is 0.395 e. The van der Waals surface area contributed by atoms with Crippen molar-refractivity contribution in [2.45, 2.75) is 17.7 Å². The van der Waals surface area contributed by atoms with E-state index in [0.29, 0.717) is 17.7 Å². The van der Waals surface area contributed by atoms with Gasteiger partial charge in [0, 0.05) is 12.3 Å². The smallest absolute Gasteiger partial charge is 0.243 e. The second kappa shape index (κ2) is 7.42. The van der Waals surface area contributed by atoms with Crippen molar-refractivity contribution in [1.29, 1.82) is 0 Å². The summed E-state index contributed by atoms with van der Waals surface area (Å²) in [7, 11) is 0. The van der Waals surface area contributed by atoms with Gasteiger partial charge in [-0.25, -0.2) is 4.39 Å². The van der Waals surface area contributed by atoms with Crippen LogP contribution in [0.1, 0.15) is 5.56 Å². The zero-order chi connectivity index (χ0) is 15.2. The van der Waals surface area contributed by atoms with Crippen molar-refractivity contribution in [3.05, 3.63) is 35.6 Å². The average molecular weight is 312 g/mol. The summed E-state index contributed by atoms with van der Waals surface area (Å²) in [6.45, 7) is 0.0178. The van der Waals surface area contributed by atoms with Gasteiger partial charge in [0.25, 0.3) is 0 Å². The number of halogens is 1. The average Bonchev–Trinajstić information content (AvgIpc) is 2.49.